The van der Waals surface area contributed by atoms with Crippen LogP contribution in [0.25, 0.3) is 0 Å². The lowest BCUT2D eigenvalue weighted by Gasteiger charge is -2.01. The molecule has 0 saturated carbocycles. The molecule has 0 aliphatic carbocycles. The number of hydrogen-bond acceptors (Lipinski definition) is 5. The van der Waals surface area contributed by atoms with E-state index in [1.807, 2.05) is 6.07 Å². The fraction of sp³-hybridized carbons (Fsp3) is 0.429. The maximum Gasteiger partial charge on any atom is 0.187 e. The molecule has 1 aromatic rings. The summed E-state index contributed by atoms with van der Waals surface area (Å²) in [5.41, 5.74) is 16.9. The monoisotopic (exact) mass is 180 g/mol. The van der Waals surface area contributed by atoms with Gasteiger partial charge in [0.25, 0.3) is 0 Å². The lowest BCUT2D eigenvalue weighted by Crippen LogP contribution is -2.09. The summed E-state index contributed by atoms with van der Waals surface area (Å²) < 4.78 is 1.50. The second kappa shape index (κ2) is 3.78. The molecule has 0 bridgehead atoms. The van der Waals surface area contributed by atoms with Crippen molar-refractivity contribution in [2.75, 3.05) is 18.0 Å². The van der Waals surface area contributed by atoms with Gasteiger partial charge in [0, 0.05) is 6.54 Å². The molecule has 13 heavy (non-hydrogen) atoms. The van der Waals surface area contributed by atoms with Crippen molar-refractivity contribution in [2.45, 2.75) is 13.0 Å². The molecule has 0 aromatic carbocycles. The lowest BCUT2D eigenvalue weighted by atomic mass is 10.4. The molecule has 0 fully saturated rings. The van der Waals surface area contributed by atoms with E-state index in [4.69, 9.17) is 22.5 Å². The normalized spacial score (nSPS) is 9.85. The molecular formula is C7H12N6. The van der Waals surface area contributed by atoms with Crippen molar-refractivity contribution in [2.24, 2.45) is 5.73 Å². The molecule has 6 nitrogen and oxygen atoms in total. The Balaban J connectivity index is 2.91. The SMILES string of the molecule is N#Cc1nn(CCCN)c(N)c1N. The van der Waals surface area contributed by atoms with E-state index in [2.05, 4.69) is 5.10 Å². The van der Waals surface area contributed by atoms with Gasteiger partial charge in [0.2, 0.25) is 0 Å². The van der Waals surface area contributed by atoms with Crippen LogP contribution in [0.4, 0.5) is 11.5 Å². The lowest BCUT2D eigenvalue weighted by molar-refractivity contribution is 0.591. The third-order valence-electron chi connectivity index (χ3n) is 1.71. The highest BCUT2D eigenvalue weighted by atomic mass is 15.3. The third-order valence-corrected chi connectivity index (χ3v) is 1.71. The molecule has 6 heteroatoms. The van der Waals surface area contributed by atoms with E-state index in [9.17, 15) is 0 Å². The molecule has 6 N–H and O–H groups in total. The minimum Gasteiger partial charge on any atom is -0.393 e. The summed E-state index contributed by atoms with van der Waals surface area (Å²) in [4.78, 5) is 0. The molecule has 70 valence electrons. The first-order valence-electron chi connectivity index (χ1n) is 3.92. The molecule has 1 heterocycles. The molecule has 0 spiro atoms. The molecule has 1 aromatic heterocycles. The van der Waals surface area contributed by atoms with Crippen LogP contribution >= 0.6 is 0 Å². The zero-order valence-corrected chi connectivity index (χ0v) is 7.20. The van der Waals surface area contributed by atoms with Gasteiger partial charge in [-0.2, -0.15) is 10.4 Å². The first kappa shape index (κ1) is 9.35. The van der Waals surface area contributed by atoms with E-state index in [0.29, 0.717) is 18.9 Å². The summed E-state index contributed by atoms with van der Waals surface area (Å²) in [7, 11) is 0. The number of aryl methyl sites for hydroxylation is 1. The van der Waals surface area contributed by atoms with Gasteiger partial charge in [-0.3, -0.25) is 0 Å². The van der Waals surface area contributed by atoms with Crippen LogP contribution < -0.4 is 17.2 Å². The van der Waals surface area contributed by atoms with E-state index in [1.165, 1.54) is 4.68 Å². The van der Waals surface area contributed by atoms with E-state index >= 15 is 0 Å². The number of nitrogen functional groups attached to an aromatic ring is 2. The molecule has 0 unspecified atom stereocenters. The minimum atomic E-state index is 0.175. The van der Waals surface area contributed by atoms with Gasteiger partial charge in [-0.1, -0.05) is 0 Å². The van der Waals surface area contributed by atoms with Crippen LogP contribution in [0.2, 0.25) is 0 Å². The van der Waals surface area contributed by atoms with E-state index in [0.717, 1.165) is 6.42 Å². The number of rotatable bonds is 3. The van der Waals surface area contributed by atoms with Crippen molar-refractivity contribution >= 4 is 11.5 Å². The molecule has 0 aliphatic rings. The molecule has 0 atom stereocenters. The third kappa shape index (κ3) is 1.71. The fourth-order valence-corrected chi connectivity index (χ4v) is 0.983. The van der Waals surface area contributed by atoms with Crippen molar-refractivity contribution < 1.29 is 0 Å². The number of nitrogens with two attached hydrogens (primary N) is 3. The van der Waals surface area contributed by atoms with Crippen LogP contribution in [0.15, 0.2) is 0 Å². The number of hydrogen-bond donors (Lipinski definition) is 3. The predicted octanol–water partition coefficient (Wildman–Crippen LogP) is -0.732. The Morgan fingerprint density at radius 1 is 1.46 bits per heavy atom. The van der Waals surface area contributed by atoms with Crippen molar-refractivity contribution in [1.82, 2.24) is 9.78 Å². The second-order valence-corrected chi connectivity index (χ2v) is 2.62. The summed E-state index contributed by atoms with van der Waals surface area (Å²) in [5, 5.41) is 12.5. The molecule has 0 aliphatic heterocycles. The van der Waals surface area contributed by atoms with Crippen molar-refractivity contribution in [3.63, 3.8) is 0 Å². The quantitative estimate of drug-likeness (QED) is 0.566. The molecular weight excluding hydrogens is 168 g/mol. The van der Waals surface area contributed by atoms with Gasteiger partial charge < -0.3 is 17.2 Å². The summed E-state index contributed by atoms with van der Waals surface area (Å²) in [5.74, 6) is 0.338. The average molecular weight is 180 g/mol. The first-order chi connectivity index (χ1) is 6.20. The molecule has 0 amide bonds. The summed E-state index contributed by atoms with van der Waals surface area (Å²) in [6, 6.07) is 1.86. The zero-order chi connectivity index (χ0) is 9.84. The maximum atomic E-state index is 8.60. The molecule has 0 saturated heterocycles. The second-order valence-electron chi connectivity index (χ2n) is 2.62. The van der Waals surface area contributed by atoms with Crippen molar-refractivity contribution in [3.05, 3.63) is 5.69 Å². The Morgan fingerprint density at radius 3 is 2.62 bits per heavy atom. The smallest absolute Gasteiger partial charge is 0.187 e. The minimum absolute atomic E-state index is 0.175. The summed E-state index contributed by atoms with van der Waals surface area (Å²) in [6.45, 7) is 1.15. The Bertz CT molecular complexity index is 333. The summed E-state index contributed by atoms with van der Waals surface area (Å²) in [6.07, 6.45) is 0.760. The largest absolute Gasteiger partial charge is 0.393 e. The summed E-state index contributed by atoms with van der Waals surface area (Å²) >= 11 is 0. The van der Waals surface area contributed by atoms with Gasteiger partial charge in [0.1, 0.15) is 17.6 Å². The van der Waals surface area contributed by atoms with E-state index in [-0.39, 0.29) is 11.4 Å². The van der Waals surface area contributed by atoms with Gasteiger partial charge in [-0.25, -0.2) is 4.68 Å². The van der Waals surface area contributed by atoms with Gasteiger partial charge in [-0.15, -0.1) is 0 Å². The number of nitriles is 1. The first-order valence-corrected chi connectivity index (χ1v) is 3.92. The highest BCUT2D eigenvalue weighted by Gasteiger charge is 2.10. The Hall–Kier alpha value is -1.74. The highest BCUT2D eigenvalue weighted by molar-refractivity contribution is 5.65. The Morgan fingerprint density at radius 2 is 2.15 bits per heavy atom. The van der Waals surface area contributed by atoms with Crippen LogP contribution in [0.3, 0.4) is 0 Å². The number of anilines is 2. The van der Waals surface area contributed by atoms with Crippen LogP contribution in [0.5, 0.6) is 0 Å². The van der Waals surface area contributed by atoms with Crippen molar-refractivity contribution in [3.8, 4) is 6.07 Å². The maximum absolute atomic E-state index is 8.60. The van der Waals surface area contributed by atoms with Crippen LogP contribution in [-0.2, 0) is 6.54 Å². The Kier molecular flexibility index (Phi) is 2.72. The predicted molar refractivity (Wildman–Crippen MR) is 49.4 cm³/mol. The molecule has 0 radical (unpaired) electrons. The van der Waals surface area contributed by atoms with Gasteiger partial charge >= 0.3 is 0 Å². The Labute approximate surface area is 75.9 Å². The van der Waals surface area contributed by atoms with E-state index in [1.54, 1.807) is 0 Å². The van der Waals surface area contributed by atoms with Gasteiger partial charge in [0.15, 0.2) is 5.69 Å². The van der Waals surface area contributed by atoms with Crippen molar-refractivity contribution in [1.29, 1.82) is 5.26 Å². The zero-order valence-electron chi connectivity index (χ0n) is 7.20. The highest BCUT2D eigenvalue weighted by Crippen LogP contribution is 2.18. The van der Waals surface area contributed by atoms with Crippen LogP contribution in [-0.4, -0.2) is 16.3 Å². The molecule has 1 rings (SSSR count). The van der Waals surface area contributed by atoms with Crippen LogP contribution in [0.1, 0.15) is 12.1 Å². The standard InChI is InChI=1S/C7H12N6/c8-2-1-3-13-7(11)6(10)5(4-9)12-13/h1-3,8,10-11H2. The van der Waals surface area contributed by atoms with Gasteiger partial charge in [0.05, 0.1) is 0 Å². The van der Waals surface area contributed by atoms with E-state index < -0.39 is 0 Å². The average Bonchev–Trinajstić information content (AvgIpc) is 2.41. The topological polar surface area (TPSA) is 120 Å². The fourth-order valence-electron chi connectivity index (χ4n) is 0.983. The van der Waals surface area contributed by atoms with Gasteiger partial charge in [-0.05, 0) is 13.0 Å². The number of nitrogens with zero attached hydrogens (tertiary/aromatic N) is 3. The van der Waals surface area contributed by atoms with Crippen LogP contribution in [0, 0.1) is 11.3 Å². The number of aromatic nitrogens is 2.